The Morgan fingerprint density at radius 2 is 2.26 bits per heavy atom. The third-order valence-electron chi connectivity index (χ3n) is 4.10. The molecule has 2 rings (SSSR count). The minimum absolute atomic E-state index is 0.121. The normalized spacial score (nSPS) is 23.1. The van der Waals surface area contributed by atoms with E-state index in [0.29, 0.717) is 0 Å². The number of rotatable bonds is 3. The highest BCUT2D eigenvalue weighted by Gasteiger charge is 2.37. The summed E-state index contributed by atoms with van der Waals surface area (Å²) in [4.78, 5) is 17.0. The molecule has 0 saturated carbocycles. The first-order valence-electron chi connectivity index (χ1n) is 7.04. The molecule has 0 aliphatic carbocycles. The Hall–Kier alpha value is -1.42. The number of pyridine rings is 1. The third-order valence-corrected chi connectivity index (χ3v) is 4.10. The first kappa shape index (κ1) is 14.0. The lowest BCUT2D eigenvalue weighted by Gasteiger charge is -2.35. The molecule has 1 amide bonds. The van der Waals surface area contributed by atoms with E-state index in [4.69, 9.17) is 0 Å². The molecule has 0 aromatic carbocycles. The van der Waals surface area contributed by atoms with Crippen molar-refractivity contribution in [3.05, 3.63) is 23.5 Å². The van der Waals surface area contributed by atoms with Crippen LogP contribution in [0.4, 0.5) is 5.69 Å². The van der Waals surface area contributed by atoms with Gasteiger partial charge in [0, 0.05) is 12.2 Å². The van der Waals surface area contributed by atoms with E-state index in [9.17, 15) is 4.79 Å². The number of hydrogen-bond donors (Lipinski definition) is 2. The van der Waals surface area contributed by atoms with Crippen LogP contribution in [0.1, 0.15) is 37.6 Å². The molecule has 4 heteroatoms. The summed E-state index contributed by atoms with van der Waals surface area (Å²) in [5.74, 6) is 0.121. The second-order valence-electron chi connectivity index (χ2n) is 5.45. The van der Waals surface area contributed by atoms with Crippen molar-refractivity contribution in [1.29, 1.82) is 0 Å². The van der Waals surface area contributed by atoms with Crippen LogP contribution in [-0.4, -0.2) is 24.0 Å². The van der Waals surface area contributed by atoms with Gasteiger partial charge in [-0.15, -0.1) is 0 Å². The summed E-state index contributed by atoms with van der Waals surface area (Å²) in [7, 11) is 0. The van der Waals surface area contributed by atoms with Crippen LogP contribution in [0.25, 0.3) is 0 Å². The van der Waals surface area contributed by atoms with Gasteiger partial charge in [-0.25, -0.2) is 0 Å². The van der Waals surface area contributed by atoms with Crippen LogP contribution in [0.5, 0.6) is 0 Å². The van der Waals surface area contributed by atoms with Crippen molar-refractivity contribution in [1.82, 2.24) is 10.3 Å². The number of amides is 1. The van der Waals surface area contributed by atoms with E-state index in [-0.39, 0.29) is 11.3 Å². The predicted molar refractivity (Wildman–Crippen MR) is 77.2 cm³/mol. The smallest absolute Gasteiger partial charge is 0.231 e. The first-order chi connectivity index (χ1) is 9.07. The molecule has 0 spiro atoms. The number of aryl methyl sites for hydroxylation is 2. The molecule has 104 valence electrons. The fourth-order valence-electron chi connectivity index (χ4n) is 2.70. The van der Waals surface area contributed by atoms with E-state index in [1.54, 1.807) is 0 Å². The van der Waals surface area contributed by atoms with E-state index in [1.165, 1.54) is 0 Å². The molecule has 0 radical (unpaired) electrons. The lowest BCUT2D eigenvalue weighted by Crippen LogP contribution is -2.47. The molecular weight excluding hydrogens is 238 g/mol. The summed E-state index contributed by atoms with van der Waals surface area (Å²) in [6.45, 7) is 7.76. The largest absolute Gasteiger partial charge is 0.324 e. The minimum atomic E-state index is -0.268. The van der Waals surface area contributed by atoms with E-state index in [2.05, 4.69) is 22.5 Å². The van der Waals surface area contributed by atoms with Gasteiger partial charge in [-0.3, -0.25) is 9.78 Å². The van der Waals surface area contributed by atoms with Crippen LogP contribution >= 0.6 is 0 Å². The lowest BCUT2D eigenvalue weighted by molar-refractivity contribution is -0.126. The van der Waals surface area contributed by atoms with Gasteiger partial charge in [0.25, 0.3) is 0 Å². The Bertz CT molecular complexity index is 464. The second kappa shape index (κ2) is 5.70. The van der Waals surface area contributed by atoms with Gasteiger partial charge in [0.1, 0.15) is 0 Å². The lowest BCUT2D eigenvalue weighted by atomic mass is 9.77. The number of aromatic nitrogens is 1. The maximum Gasteiger partial charge on any atom is 0.231 e. The highest BCUT2D eigenvalue weighted by atomic mass is 16.2. The number of carbonyl (C=O) groups is 1. The van der Waals surface area contributed by atoms with E-state index < -0.39 is 0 Å². The molecule has 2 N–H and O–H groups in total. The molecule has 4 nitrogen and oxygen atoms in total. The van der Waals surface area contributed by atoms with Crippen molar-refractivity contribution in [2.75, 3.05) is 18.4 Å². The van der Waals surface area contributed by atoms with Gasteiger partial charge in [0.15, 0.2) is 0 Å². The average molecular weight is 261 g/mol. The third kappa shape index (κ3) is 2.95. The second-order valence-corrected chi connectivity index (χ2v) is 5.45. The summed E-state index contributed by atoms with van der Waals surface area (Å²) in [6, 6.07) is 3.87. The molecule has 1 saturated heterocycles. The Labute approximate surface area is 115 Å². The zero-order valence-electron chi connectivity index (χ0n) is 12.0. The number of carbonyl (C=O) groups excluding carboxylic acids is 1. The number of hydrogen-bond acceptors (Lipinski definition) is 3. The zero-order chi connectivity index (χ0) is 13.9. The molecule has 0 bridgehead atoms. The molecule has 1 aromatic heterocycles. The standard InChI is InChI=1S/C15H23N3O/c1-4-15(8-5-9-16-10-15)14(19)18-13-7-6-11(2)17-12(13)3/h6-7,16H,4-5,8-10H2,1-3H3,(H,18,19). The van der Waals surface area contributed by atoms with Gasteiger partial charge < -0.3 is 10.6 Å². The summed E-state index contributed by atoms with van der Waals surface area (Å²) >= 11 is 0. The molecular formula is C15H23N3O. The Morgan fingerprint density at radius 1 is 1.47 bits per heavy atom. The molecule has 1 fully saturated rings. The van der Waals surface area contributed by atoms with Crippen molar-refractivity contribution >= 4 is 11.6 Å². The van der Waals surface area contributed by atoms with Gasteiger partial charge in [-0.1, -0.05) is 6.92 Å². The number of anilines is 1. The van der Waals surface area contributed by atoms with Crippen LogP contribution in [0.15, 0.2) is 12.1 Å². The molecule has 1 unspecified atom stereocenters. The van der Waals surface area contributed by atoms with Crippen molar-refractivity contribution in [2.45, 2.75) is 40.0 Å². The topological polar surface area (TPSA) is 54.0 Å². The molecule has 2 heterocycles. The van der Waals surface area contributed by atoms with Gasteiger partial charge in [-0.2, -0.15) is 0 Å². The van der Waals surface area contributed by atoms with Gasteiger partial charge >= 0.3 is 0 Å². The van der Waals surface area contributed by atoms with E-state index in [0.717, 1.165) is 49.4 Å². The summed E-state index contributed by atoms with van der Waals surface area (Å²) in [5.41, 5.74) is 2.41. The highest BCUT2D eigenvalue weighted by molar-refractivity contribution is 5.96. The highest BCUT2D eigenvalue weighted by Crippen LogP contribution is 2.31. The Morgan fingerprint density at radius 3 is 2.84 bits per heavy atom. The predicted octanol–water partition coefficient (Wildman–Crippen LogP) is 2.42. The van der Waals surface area contributed by atoms with Crippen molar-refractivity contribution in [3.63, 3.8) is 0 Å². The maximum atomic E-state index is 12.6. The Balaban J connectivity index is 2.15. The van der Waals surface area contributed by atoms with Crippen LogP contribution in [-0.2, 0) is 4.79 Å². The molecule has 1 atom stereocenters. The maximum absolute atomic E-state index is 12.6. The minimum Gasteiger partial charge on any atom is -0.324 e. The van der Waals surface area contributed by atoms with E-state index >= 15 is 0 Å². The van der Waals surface area contributed by atoms with Crippen LogP contribution in [0.2, 0.25) is 0 Å². The van der Waals surface area contributed by atoms with Crippen molar-refractivity contribution < 1.29 is 4.79 Å². The molecule has 1 aromatic rings. The molecule has 1 aliphatic rings. The van der Waals surface area contributed by atoms with Gasteiger partial charge in [0.2, 0.25) is 5.91 Å². The molecule has 19 heavy (non-hydrogen) atoms. The fraction of sp³-hybridized carbons (Fsp3) is 0.600. The first-order valence-corrected chi connectivity index (χ1v) is 7.04. The van der Waals surface area contributed by atoms with Gasteiger partial charge in [0.05, 0.1) is 16.8 Å². The summed E-state index contributed by atoms with van der Waals surface area (Å²) < 4.78 is 0. The number of piperidine rings is 1. The summed E-state index contributed by atoms with van der Waals surface area (Å²) in [5, 5.41) is 6.40. The van der Waals surface area contributed by atoms with Crippen molar-refractivity contribution in [3.8, 4) is 0 Å². The quantitative estimate of drug-likeness (QED) is 0.878. The molecule has 1 aliphatic heterocycles. The van der Waals surface area contributed by atoms with Crippen LogP contribution in [0, 0.1) is 19.3 Å². The zero-order valence-corrected chi connectivity index (χ0v) is 12.0. The summed E-state index contributed by atoms with van der Waals surface area (Å²) in [6.07, 6.45) is 2.89. The van der Waals surface area contributed by atoms with Crippen molar-refractivity contribution in [2.24, 2.45) is 5.41 Å². The van der Waals surface area contributed by atoms with Gasteiger partial charge in [-0.05, 0) is 51.8 Å². The average Bonchev–Trinajstić information content (AvgIpc) is 2.42. The van der Waals surface area contributed by atoms with Crippen LogP contribution in [0.3, 0.4) is 0 Å². The Kier molecular flexibility index (Phi) is 4.20. The van der Waals surface area contributed by atoms with Crippen LogP contribution < -0.4 is 10.6 Å². The van der Waals surface area contributed by atoms with E-state index in [1.807, 2.05) is 26.0 Å². The monoisotopic (exact) mass is 261 g/mol. The fourth-order valence-corrected chi connectivity index (χ4v) is 2.70. The number of nitrogens with zero attached hydrogens (tertiary/aromatic N) is 1. The SMILES string of the molecule is CCC1(C(=O)Nc2ccc(C)nc2C)CCCNC1. The number of nitrogens with one attached hydrogen (secondary N) is 2.